The maximum atomic E-state index is 12.2. The molecule has 0 unspecified atom stereocenters. The Hall–Kier alpha value is -3.15. The first-order valence-electron chi connectivity index (χ1n) is 9.21. The molecule has 138 valence electrons. The fourth-order valence-electron chi connectivity index (χ4n) is 3.78. The number of aryl methyl sites for hydroxylation is 1. The molecule has 6 heteroatoms. The zero-order valence-corrected chi connectivity index (χ0v) is 15.0. The van der Waals surface area contributed by atoms with Gasteiger partial charge in [-0.1, -0.05) is 30.3 Å². The van der Waals surface area contributed by atoms with Crippen LogP contribution in [0.2, 0.25) is 0 Å². The van der Waals surface area contributed by atoms with E-state index in [1.807, 2.05) is 41.3 Å². The molecule has 27 heavy (non-hydrogen) atoms. The summed E-state index contributed by atoms with van der Waals surface area (Å²) in [6.07, 6.45) is 2.81. The minimum atomic E-state index is -0.688. The second-order valence-corrected chi connectivity index (χ2v) is 6.91. The molecule has 0 fully saturated rings. The zero-order valence-electron chi connectivity index (χ0n) is 15.0. The van der Waals surface area contributed by atoms with Gasteiger partial charge in [-0.25, -0.2) is 0 Å². The Morgan fingerprint density at radius 1 is 1.04 bits per heavy atom. The highest BCUT2D eigenvalue weighted by atomic mass is 16.2. The van der Waals surface area contributed by atoms with E-state index in [0.29, 0.717) is 25.1 Å². The number of nitrogens with one attached hydrogen (secondary N) is 2. The van der Waals surface area contributed by atoms with Crippen LogP contribution >= 0.6 is 0 Å². The Kier molecular flexibility index (Phi) is 4.62. The Bertz CT molecular complexity index is 908. The standard InChI is InChI=1S/C21H21N3O3/c25-18-13-16-12-17(11-15-7-4-10-24(18)19(15)16)23-21(27)20(26)22-9-8-14-5-2-1-3-6-14/h1-3,5-6,11-12H,4,7-10,13H2,(H,22,26)(H,23,27). The lowest BCUT2D eigenvalue weighted by molar-refractivity contribution is -0.136. The van der Waals surface area contributed by atoms with Crippen molar-refractivity contribution in [3.05, 3.63) is 59.2 Å². The lowest BCUT2D eigenvalue weighted by Crippen LogP contribution is -2.36. The summed E-state index contributed by atoms with van der Waals surface area (Å²) in [5.41, 5.74) is 4.66. The third kappa shape index (κ3) is 3.56. The molecule has 0 saturated carbocycles. The number of nitrogens with zero attached hydrogens (tertiary/aromatic N) is 1. The molecule has 2 heterocycles. The average Bonchev–Trinajstić information content (AvgIpc) is 2.99. The van der Waals surface area contributed by atoms with Gasteiger partial charge in [0.15, 0.2) is 0 Å². The molecular weight excluding hydrogens is 342 g/mol. The van der Waals surface area contributed by atoms with Gasteiger partial charge < -0.3 is 15.5 Å². The first-order chi connectivity index (χ1) is 13.1. The van der Waals surface area contributed by atoms with Crippen LogP contribution in [0.25, 0.3) is 0 Å². The predicted molar refractivity (Wildman–Crippen MR) is 103 cm³/mol. The Morgan fingerprint density at radius 2 is 1.81 bits per heavy atom. The van der Waals surface area contributed by atoms with Crippen LogP contribution < -0.4 is 15.5 Å². The van der Waals surface area contributed by atoms with Crippen LogP contribution in [0.1, 0.15) is 23.1 Å². The smallest absolute Gasteiger partial charge is 0.313 e. The van der Waals surface area contributed by atoms with Crippen molar-refractivity contribution in [3.8, 4) is 0 Å². The van der Waals surface area contributed by atoms with Crippen molar-refractivity contribution < 1.29 is 14.4 Å². The predicted octanol–water partition coefficient (Wildman–Crippen LogP) is 1.82. The van der Waals surface area contributed by atoms with Crippen LogP contribution in [0.4, 0.5) is 11.4 Å². The molecule has 0 saturated heterocycles. The van der Waals surface area contributed by atoms with Crippen LogP contribution in [-0.2, 0) is 33.6 Å². The van der Waals surface area contributed by atoms with E-state index in [1.165, 1.54) is 0 Å². The number of rotatable bonds is 4. The molecule has 2 aliphatic rings. The molecule has 0 atom stereocenters. The highest BCUT2D eigenvalue weighted by Gasteiger charge is 2.32. The fourth-order valence-corrected chi connectivity index (χ4v) is 3.78. The van der Waals surface area contributed by atoms with Crippen LogP contribution in [-0.4, -0.2) is 30.8 Å². The van der Waals surface area contributed by atoms with Gasteiger partial charge in [-0.05, 0) is 48.1 Å². The number of hydrogen-bond acceptors (Lipinski definition) is 3. The summed E-state index contributed by atoms with van der Waals surface area (Å²) in [6.45, 7) is 1.16. The van der Waals surface area contributed by atoms with E-state index in [-0.39, 0.29) is 5.91 Å². The number of anilines is 2. The summed E-state index contributed by atoms with van der Waals surface area (Å²) in [5, 5.41) is 5.31. The summed E-state index contributed by atoms with van der Waals surface area (Å²) in [5.74, 6) is -1.24. The van der Waals surface area contributed by atoms with Gasteiger partial charge in [0.1, 0.15) is 0 Å². The molecule has 2 aliphatic heterocycles. The number of benzene rings is 2. The summed E-state index contributed by atoms with van der Waals surface area (Å²) in [6, 6.07) is 13.5. The number of amides is 3. The quantitative estimate of drug-likeness (QED) is 0.814. The normalized spacial score (nSPS) is 14.7. The first kappa shape index (κ1) is 17.3. The Morgan fingerprint density at radius 3 is 2.63 bits per heavy atom. The van der Waals surface area contributed by atoms with Crippen LogP contribution in [0.3, 0.4) is 0 Å². The van der Waals surface area contributed by atoms with E-state index in [2.05, 4.69) is 10.6 Å². The van der Waals surface area contributed by atoms with E-state index < -0.39 is 11.8 Å². The summed E-state index contributed by atoms with van der Waals surface area (Å²) in [4.78, 5) is 38.2. The molecule has 3 amide bonds. The van der Waals surface area contributed by atoms with Gasteiger partial charge in [0, 0.05) is 18.8 Å². The maximum Gasteiger partial charge on any atom is 0.313 e. The van der Waals surface area contributed by atoms with E-state index in [0.717, 1.165) is 41.8 Å². The SMILES string of the molecule is O=C(NCCc1ccccc1)C(=O)Nc1cc2c3c(c1)CC(=O)N3CCC2. The highest BCUT2D eigenvalue weighted by Crippen LogP contribution is 2.38. The second-order valence-electron chi connectivity index (χ2n) is 6.91. The second kappa shape index (κ2) is 7.23. The van der Waals surface area contributed by atoms with Gasteiger partial charge in [-0.15, -0.1) is 0 Å². The number of carbonyl (C=O) groups excluding carboxylic acids is 3. The molecule has 0 radical (unpaired) electrons. The molecule has 6 nitrogen and oxygen atoms in total. The van der Waals surface area contributed by atoms with Gasteiger partial charge in [0.2, 0.25) is 5.91 Å². The van der Waals surface area contributed by atoms with Crippen molar-refractivity contribution in [1.82, 2.24) is 5.32 Å². The van der Waals surface area contributed by atoms with Crippen LogP contribution in [0, 0.1) is 0 Å². The average molecular weight is 363 g/mol. The van der Waals surface area contributed by atoms with Gasteiger partial charge in [0.25, 0.3) is 0 Å². The molecule has 2 N–H and O–H groups in total. The van der Waals surface area contributed by atoms with Gasteiger partial charge in [-0.3, -0.25) is 14.4 Å². The van der Waals surface area contributed by atoms with Crippen molar-refractivity contribution in [1.29, 1.82) is 0 Å². The number of carbonyl (C=O) groups is 3. The van der Waals surface area contributed by atoms with E-state index in [1.54, 1.807) is 6.07 Å². The van der Waals surface area contributed by atoms with Gasteiger partial charge in [0.05, 0.1) is 12.1 Å². The zero-order chi connectivity index (χ0) is 18.8. The van der Waals surface area contributed by atoms with E-state index >= 15 is 0 Å². The lowest BCUT2D eigenvalue weighted by Gasteiger charge is -2.26. The van der Waals surface area contributed by atoms with Crippen molar-refractivity contribution in [3.63, 3.8) is 0 Å². The maximum absolute atomic E-state index is 12.2. The first-order valence-corrected chi connectivity index (χ1v) is 9.21. The minimum absolute atomic E-state index is 0.105. The van der Waals surface area contributed by atoms with Crippen LogP contribution in [0.15, 0.2) is 42.5 Å². The molecule has 0 aliphatic carbocycles. The Labute approximate surface area is 157 Å². The molecular formula is C21H21N3O3. The molecule has 0 bridgehead atoms. The number of hydrogen-bond donors (Lipinski definition) is 2. The topological polar surface area (TPSA) is 78.5 Å². The van der Waals surface area contributed by atoms with Crippen molar-refractivity contribution in [2.75, 3.05) is 23.3 Å². The summed E-state index contributed by atoms with van der Waals surface area (Å²) in [7, 11) is 0. The minimum Gasteiger partial charge on any atom is -0.347 e. The third-order valence-electron chi connectivity index (χ3n) is 5.01. The van der Waals surface area contributed by atoms with Crippen molar-refractivity contribution in [2.45, 2.75) is 25.7 Å². The molecule has 0 aromatic heterocycles. The third-order valence-corrected chi connectivity index (χ3v) is 5.01. The highest BCUT2D eigenvalue weighted by molar-refractivity contribution is 6.39. The fraction of sp³-hybridized carbons (Fsp3) is 0.286. The van der Waals surface area contributed by atoms with E-state index in [4.69, 9.17) is 0 Å². The lowest BCUT2D eigenvalue weighted by atomic mass is 9.99. The van der Waals surface area contributed by atoms with Crippen molar-refractivity contribution >= 4 is 29.1 Å². The van der Waals surface area contributed by atoms with Gasteiger partial charge >= 0.3 is 11.8 Å². The molecule has 2 aromatic rings. The van der Waals surface area contributed by atoms with Gasteiger partial charge in [-0.2, -0.15) is 0 Å². The molecule has 0 spiro atoms. The molecule has 2 aromatic carbocycles. The largest absolute Gasteiger partial charge is 0.347 e. The van der Waals surface area contributed by atoms with Crippen LogP contribution in [0.5, 0.6) is 0 Å². The Balaban J connectivity index is 1.38. The van der Waals surface area contributed by atoms with E-state index in [9.17, 15) is 14.4 Å². The summed E-state index contributed by atoms with van der Waals surface area (Å²) >= 11 is 0. The van der Waals surface area contributed by atoms with Crippen molar-refractivity contribution in [2.24, 2.45) is 0 Å². The monoisotopic (exact) mass is 363 g/mol. The molecule has 4 rings (SSSR count). The summed E-state index contributed by atoms with van der Waals surface area (Å²) < 4.78 is 0.